The molecule has 21 heavy (non-hydrogen) atoms. The summed E-state index contributed by atoms with van der Waals surface area (Å²) in [6.07, 6.45) is 13.0. The zero-order valence-corrected chi connectivity index (χ0v) is 13.2. The van der Waals surface area contributed by atoms with Crippen molar-refractivity contribution in [2.45, 2.75) is 77.4 Å². The highest BCUT2D eigenvalue weighted by molar-refractivity contribution is 5.39. The predicted octanol–water partition coefficient (Wildman–Crippen LogP) is 4.08. The normalized spacial score (nSPS) is 42.5. The third-order valence-corrected chi connectivity index (χ3v) is 7.29. The maximum atomic E-state index is 10.0. The maximum absolute atomic E-state index is 10.0. The van der Waals surface area contributed by atoms with Gasteiger partial charge in [0.15, 0.2) is 6.29 Å². The molecular weight excluding hydrogens is 260 g/mol. The molecule has 0 amide bonds. The molecule has 0 spiro atoms. The minimum absolute atomic E-state index is 0.280. The molecule has 0 saturated heterocycles. The summed E-state index contributed by atoms with van der Waals surface area (Å²) >= 11 is 0. The molecule has 4 rings (SSSR count). The molecule has 0 aromatic carbocycles. The molecule has 4 aliphatic rings. The highest BCUT2D eigenvalue weighted by atomic mass is 16.5. The van der Waals surface area contributed by atoms with E-state index in [0.717, 1.165) is 32.1 Å². The largest absolute Gasteiger partial charge is 0.367 e. The molecule has 2 nitrogen and oxygen atoms in total. The minimum atomic E-state index is -1.15. The molecule has 2 saturated carbocycles. The van der Waals surface area contributed by atoms with Gasteiger partial charge in [-0.25, -0.2) is 0 Å². The summed E-state index contributed by atoms with van der Waals surface area (Å²) in [5, 5.41) is 20.1. The first-order valence-electron chi connectivity index (χ1n) is 8.86. The van der Waals surface area contributed by atoms with Gasteiger partial charge in [0.25, 0.3) is 0 Å². The number of fused-ring (bicyclic) bond motifs is 4. The van der Waals surface area contributed by atoms with Crippen molar-refractivity contribution in [1.82, 2.24) is 0 Å². The van der Waals surface area contributed by atoms with E-state index in [-0.39, 0.29) is 5.41 Å². The van der Waals surface area contributed by atoms with Crippen LogP contribution in [0.15, 0.2) is 22.8 Å². The highest BCUT2D eigenvalue weighted by Gasteiger charge is 2.53. The van der Waals surface area contributed by atoms with Gasteiger partial charge in [-0.1, -0.05) is 29.7 Å². The zero-order valence-electron chi connectivity index (χ0n) is 13.2. The van der Waals surface area contributed by atoms with Crippen LogP contribution in [0.5, 0.6) is 0 Å². The van der Waals surface area contributed by atoms with E-state index in [0.29, 0.717) is 11.3 Å². The van der Waals surface area contributed by atoms with Crippen LogP contribution in [-0.2, 0) is 0 Å². The molecule has 4 aliphatic carbocycles. The average Bonchev–Trinajstić information content (AvgIpc) is 2.92. The van der Waals surface area contributed by atoms with Crippen molar-refractivity contribution in [3.8, 4) is 0 Å². The van der Waals surface area contributed by atoms with Crippen molar-refractivity contribution in [2.24, 2.45) is 16.7 Å². The van der Waals surface area contributed by atoms with Crippen molar-refractivity contribution < 1.29 is 10.2 Å². The highest BCUT2D eigenvalue weighted by Crippen LogP contribution is 2.63. The van der Waals surface area contributed by atoms with Gasteiger partial charge >= 0.3 is 0 Å². The van der Waals surface area contributed by atoms with Crippen LogP contribution in [0.3, 0.4) is 0 Å². The van der Waals surface area contributed by atoms with Crippen LogP contribution >= 0.6 is 0 Å². The van der Waals surface area contributed by atoms with Crippen molar-refractivity contribution in [1.29, 1.82) is 0 Å². The first kappa shape index (κ1) is 14.0. The molecule has 0 aliphatic heterocycles. The summed E-state index contributed by atoms with van der Waals surface area (Å²) in [5.74, 6) is 0.678. The Kier molecular flexibility index (Phi) is 3.14. The van der Waals surface area contributed by atoms with E-state index in [1.807, 2.05) is 0 Å². The van der Waals surface area contributed by atoms with Gasteiger partial charge in [-0.3, -0.25) is 0 Å². The van der Waals surface area contributed by atoms with Crippen molar-refractivity contribution in [3.63, 3.8) is 0 Å². The number of aliphatic hydroxyl groups excluding tert-OH is 1. The van der Waals surface area contributed by atoms with E-state index < -0.39 is 6.29 Å². The van der Waals surface area contributed by atoms with Crippen LogP contribution in [0.2, 0.25) is 0 Å². The Bertz CT molecular complexity index is 516. The fourth-order valence-corrected chi connectivity index (χ4v) is 6.16. The molecule has 0 unspecified atom stereocenters. The van der Waals surface area contributed by atoms with E-state index in [4.69, 9.17) is 0 Å². The molecular formula is C19H28O2. The van der Waals surface area contributed by atoms with Crippen LogP contribution in [0.25, 0.3) is 0 Å². The third kappa shape index (κ3) is 1.78. The Balaban J connectivity index is 1.80. The van der Waals surface area contributed by atoms with Gasteiger partial charge in [-0.2, -0.15) is 0 Å². The SMILES string of the molecule is C[C@]12CCCC=C1CCC1=C3CCC[C@@]3(C(O)O)CC[C@@H]12. The molecule has 0 aromatic rings. The number of hydrogen-bond acceptors (Lipinski definition) is 2. The van der Waals surface area contributed by atoms with E-state index in [9.17, 15) is 10.2 Å². The van der Waals surface area contributed by atoms with Crippen molar-refractivity contribution >= 4 is 0 Å². The van der Waals surface area contributed by atoms with Crippen LogP contribution < -0.4 is 0 Å². The lowest BCUT2D eigenvalue weighted by atomic mass is 9.52. The Morgan fingerprint density at radius 1 is 1.10 bits per heavy atom. The van der Waals surface area contributed by atoms with Gasteiger partial charge in [0.1, 0.15) is 0 Å². The van der Waals surface area contributed by atoms with Gasteiger partial charge in [-0.15, -0.1) is 0 Å². The molecule has 116 valence electrons. The lowest BCUT2D eigenvalue weighted by molar-refractivity contribution is -0.126. The molecule has 0 radical (unpaired) electrons. The molecule has 2 N–H and O–H groups in total. The van der Waals surface area contributed by atoms with Gasteiger partial charge in [-0.05, 0) is 75.5 Å². The second kappa shape index (κ2) is 4.70. The fourth-order valence-electron chi connectivity index (χ4n) is 6.16. The van der Waals surface area contributed by atoms with Gasteiger partial charge in [0.2, 0.25) is 0 Å². The smallest absolute Gasteiger partial charge is 0.160 e. The van der Waals surface area contributed by atoms with E-state index >= 15 is 0 Å². The molecule has 3 atom stereocenters. The number of aliphatic hydroxyl groups is 2. The van der Waals surface area contributed by atoms with Crippen molar-refractivity contribution in [2.75, 3.05) is 0 Å². The van der Waals surface area contributed by atoms with Crippen LogP contribution in [0.4, 0.5) is 0 Å². The summed E-state index contributed by atoms with van der Waals surface area (Å²) in [4.78, 5) is 0. The van der Waals surface area contributed by atoms with Crippen LogP contribution in [0, 0.1) is 16.7 Å². The molecule has 0 aromatic heterocycles. The Morgan fingerprint density at radius 3 is 2.76 bits per heavy atom. The van der Waals surface area contributed by atoms with E-state index in [1.54, 1.807) is 11.1 Å². The second-order valence-electron chi connectivity index (χ2n) is 8.02. The zero-order chi connectivity index (χ0) is 14.7. The fraction of sp³-hybridized carbons (Fsp3) is 0.789. The van der Waals surface area contributed by atoms with Crippen LogP contribution in [0.1, 0.15) is 71.1 Å². The second-order valence-corrected chi connectivity index (χ2v) is 8.02. The van der Waals surface area contributed by atoms with E-state index in [2.05, 4.69) is 13.0 Å². The number of hydrogen-bond donors (Lipinski definition) is 2. The minimum Gasteiger partial charge on any atom is -0.367 e. The average molecular weight is 288 g/mol. The predicted molar refractivity (Wildman–Crippen MR) is 83.5 cm³/mol. The maximum Gasteiger partial charge on any atom is 0.160 e. The summed E-state index contributed by atoms with van der Waals surface area (Å²) < 4.78 is 0. The molecule has 2 heteroatoms. The monoisotopic (exact) mass is 288 g/mol. The molecule has 0 bridgehead atoms. The summed E-state index contributed by atoms with van der Waals surface area (Å²) in [6, 6.07) is 0. The standard InChI is InChI=1S/C19H28O2/c1-18-10-3-2-5-13(18)7-8-14-15(18)9-12-19(17(20)21)11-4-6-16(14)19/h5,15,17,20-21H,2-4,6-12H2,1H3/t15-,18-,19+/m0/s1. The van der Waals surface area contributed by atoms with Gasteiger partial charge in [0.05, 0.1) is 0 Å². The third-order valence-electron chi connectivity index (χ3n) is 7.29. The lowest BCUT2D eigenvalue weighted by Gasteiger charge is -2.53. The van der Waals surface area contributed by atoms with Crippen LogP contribution in [-0.4, -0.2) is 16.5 Å². The number of allylic oxidation sites excluding steroid dienone is 3. The Labute approximate surface area is 127 Å². The summed E-state index contributed by atoms with van der Waals surface area (Å²) in [6.45, 7) is 2.49. The van der Waals surface area contributed by atoms with E-state index in [1.165, 1.54) is 37.7 Å². The topological polar surface area (TPSA) is 40.5 Å². The Hall–Kier alpha value is -0.600. The quantitative estimate of drug-likeness (QED) is 0.563. The van der Waals surface area contributed by atoms with Gasteiger partial charge in [0, 0.05) is 5.41 Å². The summed E-state index contributed by atoms with van der Waals surface area (Å²) in [5.41, 5.74) is 4.89. The number of rotatable bonds is 1. The summed E-state index contributed by atoms with van der Waals surface area (Å²) in [7, 11) is 0. The first-order valence-corrected chi connectivity index (χ1v) is 8.86. The first-order chi connectivity index (χ1) is 10.1. The lowest BCUT2D eigenvalue weighted by Crippen LogP contribution is -2.44. The van der Waals surface area contributed by atoms with Gasteiger partial charge < -0.3 is 10.2 Å². The Morgan fingerprint density at radius 2 is 1.95 bits per heavy atom. The van der Waals surface area contributed by atoms with Crippen molar-refractivity contribution in [3.05, 3.63) is 22.8 Å². The molecule has 2 fully saturated rings. The molecule has 0 heterocycles.